The summed E-state index contributed by atoms with van der Waals surface area (Å²) >= 11 is 16.3. The molecular formula is C8H3BrCl2N2S. The predicted molar refractivity (Wildman–Crippen MR) is 63.1 cm³/mol. The molecule has 0 unspecified atom stereocenters. The lowest BCUT2D eigenvalue weighted by Crippen LogP contribution is -1.86. The van der Waals surface area contributed by atoms with E-state index in [4.69, 9.17) is 23.2 Å². The van der Waals surface area contributed by atoms with Gasteiger partial charge in [-0.3, -0.25) is 0 Å². The van der Waals surface area contributed by atoms with Crippen LogP contribution in [0.25, 0.3) is 10.6 Å². The third kappa shape index (κ3) is 2.08. The normalized spacial score (nSPS) is 10.5. The van der Waals surface area contributed by atoms with Gasteiger partial charge in [0.2, 0.25) is 0 Å². The minimum Gasteiger partial charge on any atom is -0.148 e. The molecule has 0 bridgehead atoms. The maximum atomic E-state index is 5.81. The topological polar surface area (TPSA) is 25.8 Å². The molecule has 2 heterocycles. The van der Waals surface area contributed by atoms with Crippen molar-refractivity contribution in [3.05, 3.63) is 32.2 Å². The van der Waals surface area contributed by atoms with E-state index in [-0.39, 0.29) is 0 Å². The van der Waals surface area contributed by atoms with Crippen LogP contribution in [-0.2, 0) is 0 Å². The van der Waals surface area contributed by atoms with Crippen LogP contribution in [0.5, 0.6) is 0 Å². The van der Waals surface area contributed by atoms with Crippen LogP contribution in [0.4, 0.5) is 0 Å². The van der Waals surface area contributed by atoms with Crippen LogP contribution >= 0.6 is 50.5 Å². The molecule has 72 valence electrons. The molecule has 0 aliphatic rings. The highest BCUT2D eigenvalue weighted by Gasteiger charge is 2.06. The first kappa shape index (κ1) is 10.4. The molecule has 0 saturated carbocycles. The predicted octanol–water partition coefficient (Wildman–Crippen LogP) is 4.27. The van der Waals surface area contributed by atoms with Gasteiger partial charge in [-0.25, -0.2) is 0 Å². The fourth-order valence-electron chi connectivity index (χ4n) is 0.926. The Hall–Kier alpha value is -0.160. The summed E-state index contributed by atoms with van der Waals surface area (Å²) in [4.78, 5) is 0.972. The summed E-state index contributed by atoms with van der Waals surface area (Å²) in [6, 6.07) is 5.54. The van der Waals surface area contributed by atoms with Gasteiger partial charge in [0.05, 0.1) is 13.7 Å². The SMILES string of the molecule is Clc1ccc(-c2cc(Br)c(Cl)nn2)s1. The number of hydrogen-bond donors (Lipinski definition) is 0. The van der Waals surface area contributed by atoms with Crippen LogP contribution in [0, 0.1) is 0 Å². The van der Waals surface area contributed by atoms with Crippen molar-refractivity contribution < 1.29 is 0 Å². The zero-order chi connectivity index (χ0) is 10.1. The van der Waals surface area contributed by atoms with Crippen LogP contribution in [-0.4, -0.2) is 10.2 Å². The molecule has 2 aromatic rings. The zero-order valence-corrected chi connectivity index (χ0v) is 10.6. The molecule has 6 heteroatoms. The van der Waals surface area contributed by atoms with Crippen molar-refractivity contribution in [2.75, 3.05) is 0 Å². The second-order valence-electron chi connectivity index (χ2n) is 2.47. The highest BCUT2D eigenvalue weighted by molar-refractivity contribution is 9.10. The number of hydrogen-bond acceptors (Lipinski definition) is 3. The second kappa shape index (κ2) is 4.14. The van der Waals surface area contributed by atoms with Crippen molar-refractivity contribution in [2.45, 2.75) is 0 Å². The third-order valence-electron chi connectivity index (χ3n) is 1.53. The van der Waals surface area contributed by atoms with Crippen LogP contribution in [0.15, 0.2) is 22.7 Å². The summed E-state index contributed by atoms with van der Waals surface area (Å²) in [7, 11) is 0. The molecular weight excluding hydrogens is 307 g/mol. The van der Waals surface area contributed by atoms with E-state index in [1.165, 1.54) is 11.3 Å². The molecule has 0 spiro atoms. The monoisotopic (exact) mass is 308 g/mol. The molecule has 0 N–H and O–H groups in total. The smallest absolute Gasteiger partial charge is 0.148 e. The summed E-state index contributed by atoms with van der Waals surface area (Å²) < 4.78 is 1.46. The van der Waals surface area contributed by atoms with E-state index in [9.17, 15) is 0 Å². The summed E-state index contributed by atoms with van der Waals surface area (Å²) in [5.41, 5.74) is 0.762. The third-order valence-corrected chi connectivity index (χ3v) is 3.90. The van der Waals surface area contributed by atoms with E-state index in [0.29, 0.717) is 5.15 Å². The van der Waals surface area contributed by atoms with Gasteiger partial charge in [-0.1, -0.05) is 23.2 Å². The first-order chi connectivity index (χ1) is 6.66. The van der Waals surface area contributed by atoms with E-state index in [2.05, 4.69) is 26.1 Å². The van der Waals surface area contributed by atoms with Gasteiger partial charge in [0, 0.05) is 0 Å². The van der Waals surface area contributed by atoms with E-state index in [1.807, 2.05) is 18.2 Å². The number of rotatable bonds is 1. The number of halogens is 3. The molecule has 0 radical (unpaired) electrons. The molecule has 0 aliphatic heterocycles. The van der Waals surface area contributed by atoms with Crippen LogP contribution in [0.1, 0.15) is 0 Å². The molecule has 14 heavy (non-hydrogen) atoms. The largest absolute Gasteiger partial charge is 0.165 e. The Morgan fingerprint density at radius 1 is 1.21 bits per heavy atom. The number of nitrogens with zero attached hydrogens (tertiary/aromatic N) is 2. The van der Waals surface area contributed by atoms with E-state index >= 15 is 0 Å². The van der Waals surface area contributed by atoms with Gasteiger partial charge in [0.25, 0.3) is 0 Å². The summed E-state index contributed by atoms with van der Waals surface area (Å²) in [6.45, 7) is 0. The maximum absolute atomic E-state index is 5.81. The Balaban J connectivity index is 2.47. The maximum Gasteiger partial charge on any atom is 0.165 e. The quantitative estimate of drug-likeness (QED) is 0.786. The van der Waals surface area contributed by atoms with Crippen LogP contribution in [0.2, 0.25) is 9.49 Å². The van der Waals surface area contributed by atoms with Gasteiger partial charge in [0.1, 0.15) is 5.69 Å². The second-order valence-corrected chi connectivity index (χ2v) is 5.40. The molecule has 2 rings (SSSR count). The molecule has 2 aromatic heterocycles. The van der Waals surface area contributed by atoms with Gasteiger partial charge < -0.3 is 0 Å². The average Bonchev–Trinajstić information content (AvgIpc) is 2.57. The summed E-state index contributed by atoms with van der Waals surface area (Å²) in [5.74, 6) is 0. The van der Waals surface area contributed by atoms with E-state index in [0.717, 1.165) is 19.4 Å². The minimum absolute atomic E-state index is 0.358. The van der Waals surface area contributed by atoms with Gasteiger partial charge in [-0.15, -0.1) is 21.5 Å². The van der Waals surface area contributed by atoms with Gasteiger partial charge in [-0.2, -0.15) is 0 Å². The fraction of sp³-hybridized carbons (Fsp3) is 0. The van der Waals surface area contributed by atoms with Crippen molar-refractivity contribution in [1.82, 2.24) is 10.2 Å². The molecule has 0 aliphatic carbocycles. The van der Waals surface area contributed by atoms with Crippen LogP contribution < -0.4 is 0 Å². The van der Waals surface area contributed by atoms with Crippen molar-refractivity contribution in [3.8, 4) is 10.6 Å². The highest BCUT2D eigenvalue weighted by atomic mass is 79.9. The molecule has 0 aromatic carbocycles. The van der Waals surface area contributed by atoms with Crippen molar-refractivity contribution >= 4 is 50.5 Å². The van der Waals surface area contributed by atoms with Crippen molar-refractivity contribution in [3.63, 3.8) is 0 Å². The fourth-order valence-corrected chi connectivity index (χ4v) is 2.31. The highest BCUT2D eigenvalue weighted by Crippen LogP contribution is 2.31. The Bertz CT molecular complexity index is 472. The van der Waals surface area contributed by atoms with E-state index < -0.39 is 0 Å². The lowest BCUT2D eigenvalue weighted by molar-refractivity contribution is 1.03. The number of thiophene rings is 1. The van der Waals surface area contributed by atoms with Gasteiger partial charge >= 0.3 is 0 Å². The van der Waals surface area contributed by atoms with Gasteiger partial charge in [0.15, 0.2) is 5.15 Å². The van der Waals surface area contributed by atoms with E-state index in [1.54, 1.807) is 0 Å². The first-order valence-corrected chi connectivity index (χ1v) is 5.98. The van der Waals surface area contributed by atoms with Crippen molar-refractivity contribution in [1.29, 1.82) is 0 Å². The number of aromatic nitrogens is 2. The summed E-state index contributed by atoms with van der Waals surface area (Å²) in [5, 5.41) is 8.12. The first-order valence-electron chi connectivity index (χ1n) is 3.61. The minimum atomic E-state index is 0.358. The Morgan fingerprint density at radius 2 is 2.00 bits per heavy atom. The average molecular weight is 310 g/mol. The zero-order valence-electron chi connectivity index (χ0n) is 6.67. The standard InChI is InChI=1S/C8H3BrCl2N2S/c9-4-3-5(12-13-8(4)11)6-1-2-7(10)14-6/h1-3H. The van der Waals surface area contributed by atoms with Gasteiger partial charge in [-0.05, 0) is 34.1 Å². The Kier molecular flexibility index (Phi) is 3.07. The Morgan fingerprint density at radius 3 is 2.57 bits per heavy atom. The molecule has 0 fully saturated rings. The van der Waals surface area contributed by atoms with Crippen LogP contribution in [0.3, 0.4) is 0 Å². The molecule has 0 saturated heterocycles. The Labute approximate surface area is 103 Å². The molecule has 0 amide bonds. The lowest BCUT2D eigenvalue weighted by atomic mass is 10.3. The lowest BCUT2D eigenvalue weighted by Gasteiger charge is -1.97. The molecule has 2 nitrogen and oxygen atoms in total. The molecule has 0 atom stereocenters. The van der Waals surface area contributed by atoms with Crippen molar-refractivity contribution in [2.24, 2.45) is 0 Å². The summed E-state index contributed by atoms with van der Waals surface area (Å²) in [6.07, 6.45) is 0.